The topological polar surface area (TPSA) is 24.1 Å². The summed E-state index contributed by atoms with van der Waals surface area (Å²) in [7, 11) is 0. The van der Waals surface area contributed by atoms with Crippen LogP contribution in [0.3, 0.4) is 0 Å². The fourth-order valence-corrected chi connectivity index (χ4v) is 2.40. The van der Waals surface area contributed by atoms with Gasteiger partial charge in [-0.25, -0.2) is 0 Å². The highest BCUT2D eigenvalue weighted by Gasteiger charge is 2.11. The molecule has 1 aromatic rings. The van der Waals surface area contributed by atoms with Crippen LogP contribution in [-0.4, -0.2) is 0 Å². The lowest BCUT2D eigenvalue weighted by Gasteiger charge is -2.21. The summed E-state index contributed by atoms with van der Waals surface area (Å²) in [5.41, 5.74) is 8.69. The van der Waals surface area contributed by atoms with E-state index in [4.69, 9.17) is 0 Å². The van der Waals surface area contributed by atoms with Gasteiger partial charge in [-0.15, -0.1) is 0 Å². The maximum atomic E-state index is 4.07. The molecule has 1 aliphatic rings. The summed E-state index contributed by atoms with van der Waals surface area (Å²) in [4.78, 5) is 0. The molecule has 0 radical (unpaired) electrons. The normalized spacial score (nSPS) is 13.8. The van der Waals surface area contributed by atoms with Crippen LogP contribution in [0.2, 0.25) is 0 Å². The van der Waals surface area contributed by atoms with Gasteiger partial charge >= 0.3 is 0 Å². The smallest absolute Gasteiger partial charge is 0.0417 e. The average molecular weight is 306 g/mol. The molecule has 0 aliphatic carbocycles. The molecule has 2 rings (SSSR count). The highest BCUT2D eigenvalue weighted by Crippen LogP contribution is 2.27. The summed E-state index contributed by atoms with van der Waals surface area (Å²) in [6, 6.07) is 6.53. The van der Waals surface area contributed by atoms with E-state index >= 15 is 0 Å². The number of rotatable bonds is 6. The Morgan fingerprint density at radius 3 is 2.65 bits per heavy atom. The van der Waals surface area contributed by atoms with Gasteiger partial charge in [0.1, 0.15) is 0 Å². The molecule has 1 aromatic carbocycles. The lowest BCUT2D eigenvalue weighted by Crippen LogP contribution is -2.14. The predicted molar refractivity (Wildman–Crippen MR) is 101 cm³/mol. The van der Waals surface area contributed by atoms with Gasteiger partial charge in [0.05, 0.1) is 0 Å². The Morgan fingerprint density at radius 2 is 1.96 bits per heavy atom. The molecule has 2 N–H and O–H groups in total. The van der Waals surface area contributed by atoms with Crippen molar-refractivity contribution in [2.45, 2.75) is 33.2 Å². The molecule has 0 atom stereocenters. The molecule has 0 saturated carbocycles. The molecule has 23 heavy (non-hydrogen) atoms. The molecule has 120 valence electrons. The van der Waals surface area contributed by atoms with Crippen LogP contribution >= 0.6 is 0 Å². The number of hydrogen-bond acceptors (Lipinski definition) is 2. The zero-order valence-electron chi connectivity index (χ0n) is 14.3. The van der Waals surface area contributed by atoms with Crippen molar-refractivity contribution in [3.63, 3.8) is 0 Å². The molecule has 0 spiro atoms. The van der Waals surface area contributed by atoms with E-state index in [0.717, 1.165) is 47.5 Å². The van der Waals surface area contributed by atoms with Crippen LogP contribution in [0.25, 0.3) is 0 Å². The number of nitrogens with one attached hydrogen (secondary N) is 2. The lowest BCUT2D eigenvalue weighted by atomic mass is 9.99. The zero-order chi connectivity index (χ0) is 17.0. The zero-order valence-corrected chi connectivity index (χ0v) is 14.3. The van der Waals surface area contributed by atoms with Gasteiger partial charge in [0, 0.05) is 23.6 Å². The summed E-state index contributed by atoms with van der Waals surface area (Å²) >= 11 is 0. The number of anilines is 1. The van der Waals surface area contributed by atoms with Gasteiger partial charge in [-0.1, -0.05) is 50.1 Å². The maximum absolute atomic E-state index is 4.07. The second-order valence-electron chi connectivity index (χ2n) is 6.19. The molecule has 0 bridgehead atoms. The molecule has 0 aromatic heterocycles. The van der Waals surface area contributed by atoms with Crippen LogP contribution in [0.4, 0.5) is 5.69 Å². The van der Waals surface area contributed by atoms with Crippen LogP contribution < -0.4 is 10.6 Å². The first kappa shape index (κ1) is 16.9. The van der Waals surface area contributed by atoms with Crippen LogP contribution in [0.5, 0.6) is 0 Å². The summed E-state index contributed by atoms with van der Waals surface area (Å²) in [5.74, 6) is 0. The van der Waals surface area contributed by atoms with Gasteiger partial charge in [0.15, 0.2) is 0 Å². The first-order chi connectivity index (χ1) is 10.9. The SMILES string of the molecule is C=C1CCc2ccc(CNC(=C)C(=C)/C=C(\C)C(=C)C)cc2N1. The summed E-state index contributed by atoms with van der Waals surface area (Å²) in [6.07, 6.45) is 4.08. The van der Waals surface area contributed by atoms with Gasteiger partial charge in [0.2, 0.25) is 0 Å². The monoisotopic (exact) mass is 306 g/mol. The highest BCUT2D eigenvalue weighted by atomic mass is 14.9. The van der Waals surface area contributed by atoms with Crippen molar-refractivity contribution in [1.29, 1.82) is 0 Å². The highest BCUT2D eigenvalue weighted by molar-refractivity contribution is 5.59. The van der Waals surface area contributed by atoms with E-state index in [0.29, 0.717) is 0 Å². The van der Waals surface area contributed by atoms with Crippen molar-refractivity contribution in [2.24, 2.45) is 0 Å². The van der Waals surface area contributed by atoms with Crippen molar-refractivity contribution in [1.82, 2.24) is 5.32 Å². The molecule has 0 unspecified atom stereocenters. The third kappa shape index (κ3) is 4.49. The van der Waals surface area contributed by atoms with Gasteiger partial charge < -0.3 is 10.6 Å². The van der Waals surface area contributed by atoms with E-state index < -0.39 is 0 Å². The molecule has 1 aliphatic heterocycles. The molecule has 0 saturated heterocycles. The number of fused-ring (bicyclic) bond motifs is 1. The van der Waals surface area contributed by atoms with E-state index in [1.54, 1.807) is 0 Å². The fraction of sp³-hybridized carbons (Fsp3) is 0.238. The molecule has 2 heteroatoms. The Balaban J connectivity index is 1.98. The molecule has 0 amide bonds. The number of benzene rings is 1. The third-order valence-corrected chi connectivity index (χ3v) is 4.14. The Labute approximate surface area is 140 Å². The van der Waals surface area contributed by atoms with Crippen LogP contribution in [-0.2, 0) is 13.0 Å². The van der Waals surface area contributed by atoms with Crippen LogP contribution in [0, 0.1) is 0 Å². The van der Waals surface area contributed by atoms with Gasteiger partial charge in [0.25, 0.3) is 0 Å². The minimum absolute atomic E-state index is 0.721. The van der Waals surface area contributed by atoms with Crippen molar-refractivity contribution < 1.29 is 0 Å². The quantitative estimate of drug-likeness (QED) is 0.702. The van der Waals surface area contributed by atoms with E-state index in [1.165, 1.54) is 16.8 Å². The summed E-state index contributed by atoms with van der Waals surface area (Å²) < 4.78 is 0. The standard InChI is InChI=1S/C21H26N2/c1-14(2)15(3)11-16(4)18(6)22-13-19-8-10-20-9-7-17(5)23-21(20)12-19/h8,10-12,22-23H,1,4-7,9,13H2,2-3H3/b15-11+. The minimum Gasteiger partial charge on any atom is -0.381 e. The van der Waals surface area contributed by atoms with E-state index in [9.17, 15) is 0 Å². The number of hydrogen-bond donors (Lipinski definition) is 2. The van der Waals surface area contributed by atoms with Crippen LogP contribution in [0.1, 0.15) is 31.4 Å². The number of aryl methyl sites for hydroxylation is 1. The molecular weight excluding hydrogens is 280 g/mol. The molecule has 1 heterocycles. The summed E-state index contributed by atoms with van der Waals surface area (Å²) in [5, 5.41) is 6.71. The van der Waals surface area contributed by atoms with Gasteiger partial charge in [-0.2, -0.15) is 0 Å². The fourth-order valence-electron chi connectivity index (χ4n) is 2.40. The van der Waals surface area contributed by atoms with Crippen LogP contribution in [0.15, 0.2) is 78.7 Å². The van der Waals surface area contributed by atoms with E-state index in [-0.39, 0.29) is 0 Å². The van der Waals surface area contributed by atoms with Gasteiger partial charge in [-0.3, -0.25) is 0 Å². The van der Waals surface area contributed by atoms with Crippen molar-refractivity contribution >= 4 is 5.69 Å². The average Bonchev–Trinajstić information content (AvgIpc) is 2.51. The van der Waals surface area contributed by atoms with Crippen molar-refractivity contribution in [2.75, 3.05) is 5.32 Å². The first-order valence-corrected chi connectivity index (χ1v) is 7.89. The molecule has 0 fully saturated rings. The molecule has 2 nitrogen and oxygen atoms in total. The van der Waals surface area contributed by atoms with E-state index in [1.807, 2.05) is 19.9 Å². The van der Waals surface area contributed by atoms with Gasteiger partial charge in [-0.05, 0) is 55.0 Å². The first-order valence-electron chi connectivity index (χ1n) is 7.89. The largest absolute Gasteiger partial charge is 0.381 e. The minimum atomic E-state index is 0.721. The Hall–Kier alpha value is -2.48. The predicted octanol–water partition coefficient (Wildman–Crippen LogP) is 5.24. The Kier molecular flexibility index (Phi) is 5.28. The maximum Gasteiger partial charge on any atom is 0.0417 e. The summed E-state index contributed by atoms with van der Waals surface area (Å²) in [6.45, 7) is 20.8. The second-order valence-corrected chi connectivity index (χ2v) is 6.19. The third-order valence-electron chi connectivity index (χ3n) is 4.14. The van der Waals surface area contributed by atoms with E-state index in [2.05, 4.69) is 55.1 Å². The lowest BCUT2D eigenvalue weighted by molar-refractivity contribution is 0.825. The Morgan fingerprint density at radius 1 is 1.22 bits per heavy atom. The Bertz CT molecular complexity index is 705. The van der Waals surface area contributed by atoms with Crippen molar-refractivity contribution in [3.05, 3.63) is 89.8 Å². The van der Waals surface area contributed by atoms with Crippen molar-refractivity contribution in [3.8, 4) is 0 Å². The number of allylic oxidation sites excluding steroid dienone is 4. The second kappa shape index (κ2) is 7.19. The molecular formula is C21H26N2.